The Bertz CT molecular complexity index is 3370. The number of carbonyl (C=O) groups excluding carboxylic acids is 15. The number of carboxylic acid groups (broad SMARTS) is 5. The van der Waals surface area contributed by atoms with Crippen molar-refractivity contribution in [3.8, 4) is 0 Å². The quantitative estimate of drug-likeness (QED) is 0.0199. The minimum atomic E-state index is -2.06. The molecule has 44 heteroatoms. The van der Waals surface area contributed by atoms with Crippen LogP contribution in [0.4, 0.5) is 0 Å². The largest absolute Gasteiger partial charge is 0.481 e. The molecule has 0 saturated carbocycles. The van der Waals surface area contributed by atoms with E-state index >= 15 is 0 Å². The molecule has 0 aliphatic heterocycles. The van der Waals surface area contributed by atoms with Crippen LogP contribution in [0.25, 0.3) is 0 Å². The van der Waals surface area contributed by atoms with E-state index in [0.29, 0.717) is 6.42 Å². The summed E-state index contributed by atoms with van der Waals surface area (Å²) in [4.78, 5) is 264. The topological polar surface area (TPSA) is 701 Å². The van der Waals surface area contributed by atoms with E-state index in [2.05, 4.69) is 92.4 Å². The fourth-order valence-electron chi connectivity index (χ4n) is 10.8. The number of aliphatic carboxylic acids is 5. The fraction of sp³-hybridized carbons (Fsp3) is 0.718. The second-order valence-electron chi connectivity index (χ2n) is 29.6. The number of carboxylic acids is 5. The van der Waals surface area contributed by atoms with Gasteiger partial charge in [0.25, 0.3) is 0 Å². The summed E-state index contributed by atoms with van der Waals surface area (Å²) in [7, 11) is 0. The zero-order chi connectivity index (χ0) is 88.4. The van der Waals surface area contributed by atoms with Gasteiger partial charge in [-0.1, -0.05) is 55.4 Å². The summed E-state index contributed by atoms with van der Waals surface area (Å²) in [5, 5.41) is 83.3. The molecule has 26 N–H and O–H groups in total. The standard InChI is InChI=1S/C71H122N18O25S/c1-32(2)26-46(86-60(102)41(74)29-53(94)95)65(107)77-36(9)56(98)75-37(10)58(100)84-47(27-33(3)4)66(108)82-45(21-23-52(92)93)63(105)87-49(30-54(96)97)68(110)81-43(19-15-17-25-73)64(106)89-55(35(7)8)70(112)83-42(18-14-16-24-72)61(103)76-39(12)59(101)85-48(28-34(5)6)67(109)88-50(31-115)69(111)78-38(11)57(99)80-44(20-22-51(90)91)62(104)79-40(13)71(113)114/h32-50,55,115H,14-31,72-74H2,1-13H3,(H,75,98)(H,76,103)(H,77,107)(H,78,111)(H,79,104)(H,80,99)(H,81,110)(H,82,108)(H,83,112)(H,84,100)(H,85,101)(H,86,102)(H,87,105)(H,88,109)(H,89,106)(H,90,91)(H,92,93)(H,94,95)(H,96,97)(H,113,114)/t36-,37-,38-,39-,40-,41-,42-,43-,44-,45-,46-,47-,48-,49-,50-,55-/m0/s1. The molecule has 652 valence electrons. The molecule has 0 aromatic heterocycles. The molecule has 0 aromatic carbocycles. The molecule has 0 fully saturated rings. The molecule has 0 bridgehead atoms. The Morgan fingerprint density at radius 2 is 0.539 bits per heavy atom. The van der Waals surface area contributed by atoms with Gasteiger partial charge in [0.15, 0.2) is 0 Å². The van der Waals surface area contributed by atoms with Gasteiger partial charge < -0.3 is 122 Å². The molecule has 16 atom stereocenters. The third-order valence-corrected chi connectivity index (χ3v) is 17.6. The monoisotopic (exact) mass is 1660 g/mol. The minimum Gasteiger partial charge on any atom is -0.481 e. The van der Waals surface area contributed by atoms with E-state index in [9.17, 15) is 116 Å². The number of carbonyl (C=O) groups is 20. The summed E-state index contributed by atoms with van der Waals surface area (Å²) in [6.45, 7) is 19.6. The maximum Gasteiger partial charge on any atom is 0.325 e. The average molecular weight is 1660 g/mol. The van der Waals surface area contributed by atoms with Crippen LogP contribution in [0.3, 0.4) is 0 Å². The third kappa shape index (κ3) is 42.0. The second-order valence-corrected chi connectivity index (χ2v) is 29.9. The van der Waals surface area contributed by atoms with Gasteiger partial charge >= 0.3 is 29.8 Å². The highest BCUT2D eigenvalue weighted by Gasteiger charge is 2.39. The Hall–Kier alpha value is -10.4. The normalized spacial score (nSPS) is 15.4. The van der Waals surface area contributed by atoms with Crippen molar-refractivity contribution < 1.29 is 121 Å². The van der Waals surface area contributed by atoms with Crippen molar-refractivity contribution in [3.63, 3.8) is 0 Å². The van der Waals surface area contributed by atoms with Crippen molar-refractivity contribution in [2.75, 3.05) is 18.8 Å². The van der Waals surface area contributed by atoms with Crippen molar-refractivity contribution in [2.24, 2.45) is 40.9 Å². The van der Waals surface area contributed by atoms with E-state index < -0.39 is 260 Å². The van der Waals surface area contributed by atoms with Crippen molar-refractivity contribution in [1.82, 2.24) is 79.8 Å². The van der Waals surface area contributed by atoms with Crippen molar-refractivity contribution >= 4 is 131 Å². The van der Waals surface area contributed by atoms with Gasteiger partial charge in [0.05, 0.1) is 18.9 Å². The van der Waals surface area contributed by atoms with E-state index in [1.54, 1.807) is 41.5 Å². The summed E-state index contributed by atoms with van der Waals surface area (Å²) in [6.07, 6.45) is -3.86. The molecule has 0 saturated heterocycles. The van der Waals surface area contributed by atoms with Crippen LogP contribution in [0, 0.1) is 23.7 Å². The lowest BCUT2D eigenvalue weighted by atomic mass is 10.00. The molecular weight excluding hydrogens is 1540 g/mol. The molecule has 0 aromatic rings. The molecule has 0 aliphatic carbocycles. The van der Waals surface area contributed by atoms with Gasteiger partial charge in [0.2, 0.25) is 88.6 Å². The average Bonchev–Trinajstić information content (AvgIpc) is 0.844. The molecule has 0 radical (unpaired) electrons. The predicted octanol–water partition coefficient (Wildman–Crippen LogP) is -5.57. The van der Waals surface area contributed by atoms with Crippen LogP contribution in [-0.4, -0.2) is 259 Å². The molecule has 0 spiro atoms. The maximum absolute atomic E-state index is 14.4. The predicted molar refractivity (Wildman–Crippen MR) is 414 cm³/mol. The lowest BCUT2D eigenvalue weighted by Gasteiger charge is -2.29. The van der Waals surface area contributed by atoms with Crippen LogP contribution < -0.4 is 97.0 Å². The van der Waals surface area contributed by atoms with E-state index in [4.69, 9.17) is 22.3 Å². The van der Waals surface area contributed by atoms with Crippen LogP contribution >= 0.6 is 12.6 Å². The van der Waals surface area contributed by atoms with Gasteiger partial charge in [-0.25, -0.2) is 0 Å². The van der Waals surface area contributed by atoms with Gasteiger partial charge in [0.1, 0.15) is 90.6 Å². The Morgan fingerprint density at radius 1 is 0.278 bits per heavy atom. The molecule has 43 nitrogen and oxygen atoms in total. The van der Waals surface area contributed by atoms with Crippen LogP contribution in [0.2, 0.25) is 0 Å². The number of nitrogens with one attached hydrogen (secondary N) is 15. The summed E-state index contributed by atoms with van der Waals surface area (Å²) in [6, 6.07) is -24.2. The summed E-state index contributed by atoms with van der Waals surface area (Å²) in [5.74, 6) is -24.3. The number of rotatable bonds is 57. The lowest BCUT2D eigenvalue weighted by molar-refractivity contribution is -0.142. The van der Waals surface area contributed by atoms with Gasteiger partial charge in [-0.3, -0.25) is 95.9 Å². The summed E-state index contributed by atoms with van der Waals surface area (Å²) >= 11 is 4.18. The zero-order valence-electron chi connectivity index (χ0n) is 67.4. The van der Waals surface area contributed by atoms with E-state index in [1.165, 1.54) is 41.5 Å². The highest BCUT2D eigenvalue weighted by molar-refractivity contribution is 7.80. The van der Waals surface area contributed by atoms with Crippen molar-refractivity contribution in [1.29, 1.82) is 0 Å². The molecule has 15 amide bonds. The first kappa shape index (κ1) is 105. The first-order valence-corrected chi connectivity index (χ1v) is 38.6. The van der Waals surface area contributed by atoms with Crippen LogP contribution in [0.1, 0.15) is 186 Å². The molecule has 0 unspecified atom stereocenters. The number of nitrogens with two attached hydrogens (primary N) is 3. The first-order valence-electron chi connectivity index (χ1n) is 37.9. The highest BCUT2D eigenvalue weighted by atomic mass is 32.1. The molecule has 0 heterocycles. The Morgan fingerprint density at radius 3 is 0.878 bits per heavy atom. The number of hydrogen-bond acceptors (Lipinski definition) is 24. The molecule has 0 aliphatic rings. The van der Waals surface area contributed by atoms with E-state index in [1.807, 2.05) is 0 Å². The van der Waals surface area contributed by atoms with Gasteiger partial charge in [-0.15, -0.1) is 0 Å². The Balaban J connectivity index is 6.76. The maximum atomic E-state index is 14.4. The summed E-state index contributed by atoms with van der Waals surface area (Å²) < 4.78 is 0. The number of hydrogen-bond donors (Lipinski definition) is 24. The third-order valence-electron chi connectivity index (χ3n) is 17.3. The van der Waals surface area contributed by atoms with Crippen LogP contribution in [0.15, 0.2) is 0 Å². The molecule has 0 rings (SSSR count). The first-order chi connectivity index (χ1) is 53.5. The van der Waals surface area contributed by atoms with Crippen LogP contribution in [0.5, 0.6) is 0 Å². The Labute approximate surface area is 672 Å². The molecule has 115 heavy (non-hydrogen) atoms. The van der Waals surface area contributed by atoms with Crippen molar-refractivity contribution in [2.45, 2.75) is 283 Å². The minimum absolute atomic E-state index is 0.0347. The van der Waals surface area contributed by atoms with E-state index in [-0.39, 0.29) is 88.0 Å². The molecular formula is C71H122N18O25S. The zero-order valence-corrected chi connectivity index (χ0v) is 68.2. The highest BCUT2D eigenvalue weighted by Crippen LogP contribution is 2.15. The van der Waals surface area contributed by atoms with Gasteiger partial charge in [-0.05, 0) is 142 Å². The number of thiol groups is 1. The second kappa shape index (κ2) is 53.7. The van der Waals surface area contributed by atoms with Crippen LogP contribution in [-0.2, 0) is 95.9 Å². The number of unbranched alkanes of at least 4 members (excludes halogenated alkanes) is 2. The number of amides is 15. The van der Waals surface area contributed by atoms with Gasteiger partial charge in [0, 0.05) is 18.6 Å². The van der Waals surface area contributed by atoms with Crippen molar-refractivity contribution in [3.05, 3.63) is 0 Å². The van der Waals surface area contributed by atoms with Gasteiger partial charge in [-0.2, -0.15) is 12.6 Å². The lowest BCUT2D eigenvalue weighted by Crippen LogP contribution is -2.61. The van der Waals surface area contributed by atoms with E-state index in [0.717, 1.165) is 6.92 Å². The SMILES string of the molecule is CC(C)C[C@H](NC(=O)[C@H](C)NC(=O)[C@H](CCCCN)NC(=O)[C@@H](NC(=O)[C@H](CCCCN)NC(=O)[C@H](CC(=O)O)NC(=O)[C@H](CCC(=O)O)NC(=O)[C@H](CC(C)C)NC(=O)[C@H](C)NC(=O)[C@H](C)NC(=O)[C@H](CC(C)C)NC(=O)[C@@H](N)CC(=O)O)C(C)C)C(=O)N[C@@H](CS)C(=O)N[C@@H](C)C(=O)N[C@@H](CCC(=O)O)C(=O)N[C@@H](C)C(=O)O. The Kier molecular flexibility index (Phi) is 48.8. The smallest absolute Gasteiger partial charge is 0.325 e. The summed E-state index contributed by atoms with van der Waals surface area (Å²) in [5.41, 5.74) is 17.2. The fourth-order valence-corrected chi connectivity index (χ4v) is 11.0.